The molecule has 0 saturated carbocycles. The second-order valence-electron chi connectivity index (χ2n) is 5.92. The summed E-state index contributed by atoms with van der Waals surface area (Å²) in [5.41, 5.74) is 1.35. The highest BCUT2D eigenvalue weighted by Gasteiger charge is 2.31. The van der Waals surface area contributed by atoms with E-state index in [4.69, 9.17) is 0 Å². The number of rotatable bonds is 7. The molecule has 1 unspecified atom stereocenters. The smallest absolute Gasteiger partial charge is 0.191 e. The summed E-state index contributed by atoms with van der Waals surface area (Å²) in [6, 6.07) is 4.86. The average molecular weight is 372 g/mol. The first-order chi connectivity index (χ1) is 11.6. The summed E-state index contributed by atoms with van der Waals surface area (Å²) in [6.45, 7) is 3.74. The topological polar surface area (TPSA) is 56.7 Å². The first kappa shape index (κ1) is 19.4. The van der Waals surface area contributed by atoms with E-state index in [1.807, 2.05) is 13.2 Å². The number of halogens is 1. The number of aliphatic imine (C=N–C) groups is 1. The molecule has 1 fully saturated rings. The van der Waals surface area contributed by atoms with Gasteiger partial charge in [0.2, 0.25) is 0 Å². The predicted molar refractivity (Wildman–Crippen MR) is 103 cm³/mol. The zero-order chi connectivity index (χ0) is 17.4. The Bertz CT molecular complexity index is 563. The van der Waals surface area contributed by atoms with Crippen LogP contribution in [0.2, 0.25) is 0 Å². The molecule has 7 heteroatoms. The molecule has 1 aromatic rings. The lowest BCUT2D eigenvalue weighted by molar-refractivity contribution is 0.0724. The molecule has 3 N–H and O–H groups in total. The van der Waals surface area contributed by atoms with Gasteiger partial charge in [-0.25, -0.2) is 9.38 Å². The molecule has 0 aromatic heterocycles. The summed E-state index contributed by atoms with van der Waals surface area (Å²) in [5, 5.41) is 16.9. The van der Waals surface area contributed by atoms with Crippen LogP contribution >= 0.6 is 23.5 Å². The van der Waals surface area contributed by atoms with E-state index in [0.717, 1.165) is 41.4 Å². The third-order valence-corrected chi connectivity index (χ3v) is 5.72. The van der Waals surface area contributed by atoms with Gasteiger partial charge in [-0.3, -0.25) is 0 Å². The predicted octanol–water partition coefficient (Wildman–Crippen LogP) is 2.61. The van der Waals surface area contributed by atoms with Crippen molar-refractivity contribution < 1.29 is 9.50 Å². The van der Waals surface area contributed by atoms with Crippen molar-refractivity contribution in [3.8, 4) is 0 Å². The quantitative estimate of drug-likeness (QED) is 0.508. The molecule has 0 amide bonds. The molecule has 4 nitrogen and oxygen atoms in total. The Balaban J connectivity index is 2.02. The Kier molecular flexibility index (Phi) is 7.71. The van der Waals surface area contributed by atoms with Gasteiger partial charge in [0.25, 0.3) is 0 Å². The molecule has 1 heterocycles. The van der Waals surface area contributed by atoms with Crippen LogP contribution in [0.4, 0.5) is 4.39 Å². The molecule has 1 aliphatic rings. The summed E-state index contributed by atoms with van der Waals surface area (Å²) in [5.74, 6) is 3.00. The minimum absolute atomic E-state index is 0.210. The van der Waals surface area contributed by atoms with Gasteiger partial charge < -0.3 is 15.7 Å². The zero-order valence-corrected chi connectivity index (χ0v) is 15.9. The van der Waals surface area contributed by atoms with Crippen molar-refractivity contribution >= 4 is 29.5 Å². The maximum atomic E-state index is 13.4. The van der Waals surface area contributed by atoms with E-state index in [1.54, 1.807) is 35.7 Å². The standard InChI is InChI=1S/C17H26FN3OS2/c1-3-19-16(21-11-17(22)6-7-24-12-17)20-9-13-4-5-15(18)8-14(13)10-23-2/h4-5,8,22H,3,6-7,9-12H2,1-2H3,(H2,19,20,21). The Morgan fingerprint density at radius 3 is 2.92 bits per heavy atom. The molecule has 1 atom stereocenters. The molecule has 1 aliphatic heterocycles. The van der Waals surface area contributed by atoms with Crippen LogP contribution in [0.25, 0.3) is 0 Å². The van der Waals surface area contributed by atoms with E-state index >= 15 is 0 Å². The lowest BCUT2D eigenvalue weighted by atomic mass is 10.0. The maximum Gasteiger partial charge on any atom is 0.191 e. The molecule has 1 aromatic carbocycles. The number of hydrogen-bond donors (Lipinski definition) is 3. The van der Waals surface area contributed by atoms with Crippen LogP contribution < -0.4 is 10.6 Å². The van der Waals surface area contributed by atoms with Crippen LogP contribution in [-0.4, -0.2) is 47.5 Å². The fourth-order valence-electron chi connectivity index (χ4n) is 2.53. The van der Waals surface area contributed by atoms with E-state index < -0.39 is 5.60 Å². The van der Waals surface area contributed by atoms with E-state index in [0.29, 0.717) is 19.0 Å². The monoisotopic (exact) mass is 371 g/mol. The molecule has 1 saturated heterocycles. The van der Waals surface area contributed by atoms with Crippen LogP contribution in [-0.2, 0) is 12.3 Å². The number of aliphatic hydroxyl groups is 1. The van der Waals surface area contributed by atoms with Crippen LogP contribution in [0, 0.1) is 5.82 Å². The maximum absolute atomic E-state index is 13.4. The lowest BCUT2D eigenvalue weighted by Crippen LogP contribution is -2.47. The third-order valence-electron chi connectivity index (χ3n) is 3.89. The van der Waals surface area contributed by atoms with Crippen LogP contribution in [0.5, 0.6) is 0 Å². The van der Waals surface area contributed by atoms with Gasteiger partial charge >= 0.3 is 0 Å². The van der Waals surface area contributed by atoms with E-state index in [1.165, 1.54) is 6.07 Å². The fraction of sp³-hybridized carbons (Fsp3) is 0.588. The van der Waals surface area contributed by atoms with Gasteiger partial charge in [0.1, 0.15) is 5.82 Å². The van der Waals surface area contributed by atoms with E-state index in [-0.39, 0.29) is 5.82 Å². The summed E-state index contributed by atoms with van der Waals surface area (Å²) in [4.78, 5) is 4.59. The highest BCUT2D eigenvalue weighted by atomic mass is 32.2. The fourth-order valence-corrected chi connectivity index (χ4v) is 4.40. The first-order valence-corrected chi connectivity index (χ1v) is 10.7. The van der Waals surface area contributed by atoms with Gasteiger partial charge in [-0.2, -0.15) is 23.5 Å². The first-order valence-electron chi connectivity index (χ1n) is 8.15. The van der Waals surface area contributed by atoms with Crippen LogP contribution in [0.15, 0.2) is 23.2 Å². The molecule has 0 bridgehead atoms. The third kappa shape index (κ3) is 5.86. The van der Waals surface area contributed by atoms with Crippen molar-refractivity contribution in [2.24, 2.45) is 4.99 Å². The van der Waals surface area contributed by atoms with Crippen molar-refractivity contribution in [1.29, 1.82) is 0 Å². The number of hydrogen-bond acceptors (Lipinski definition) is 4. The number of thioether (sulfide) groups is 2. The minimum atomic E-state index is -0.652. The van der Waals surface area contributed by atoms with Crippen LogP contribution in [0.1, 0.15) is 24.5 Å². The highest BCUT2D eigenvalue weighted by Crippen LogP contribution is 2.26. The number of nitrogens with zero attached hydrogens (tertiary/aromatic N) is 1. The van der Waals surface area contributed by atoms with Crippen molar-refractivity contribution in [3.63, 3.8) is 0 Å². The number of nitrogens with one attached hydrogen (secondary N) is 2. The molecular weight excluding hydrogens is 345 g/mol. The Hall–Kier alpha value is -0.920. The summed E-state index contributed by atoms with van der Waals surface area (Å²) >= 11 is 3.44. The largest absolute Gasteiger partial charge is 0.387 e. The summed E-state index contributed by atoms with van der Waals surface area (Å²) in [6.07, 6.45) is 2.81. The van der Waals surface area contributed by atoms with Gasteiger partial charge in [0.05, 0.1) is 12.1 Å². The second-order valence-corrected chi connectivity index (χ2v) is 7.89. The summed E-state index contributed by atoms with van der Waals surface area (Å²) in [7, 11) is 0. The molecule has 0 spiro atoms. The highest BCUT2D eigenvalue weighted by molar-refractivity contribution is 7.99. The average Bonchev–Trinajstić information content (AvgIpc) is 2.99. The normalized spacial score (nSPS) is 21.1. The van der Waals surface area contributed by atoms with E-state index in [9.17, 15) is 9.50 Å². The minimum Gasteiger partial charge on any atom is -0.387 e. The van der Waals surface area contributed by atoms with Crippen molar-refractivity contribution in [2.75, 3.05) is 30.9 Å². The molecule has 0 aliphatic carbocycles. The zero-order valence-electron chi connectivity index (χ0n) is 14.3. The number of guanidine groups is 1. The molecular formula is C17H26FN3OS2. The van der Waals surface area contributed by atoms with Gasteiger partial charge in [-0.15, -0.1) is 0 Å². The SMILES string of the molecule is CCNC(=NCc1ccc(F)cc1CSC)NCC1(O)CCSC1. The second kappa shape index (κ2) is 9.53. The van der Waals surface area contributed by atoms with Gasteiger partial charge in [-0.05, 0) is 48.6 Å². The lowest BCUT2D eigenvalue weighted by Gasteiger charge is -2.23. The number of benzene rings is 1. The molecule has 2 rings (SSSR count). The summed E-state index contributed by atoms with van der Waals surface area (Å²) < 4.78 is 13.4. The van der Waals surface area contributed by atoms with Crippen LogP contribution in [0.3, 0.4) is 0 Å². The van der Waals surface area contributed by atoms with Crippen molar-refractivity contribution in [1.82, 2.24) is 10.6 Å². The molecule has 24 heavy (non-hydrogen) atoms. The van der Waals surface area contributed by atoms with Gasteiger partial charge in [0.15, 0.2) is 5.96 Å². The Morgan fingerprint density at radius 2 is 2.25 bits per heavy atom. The van der Waals surface area contributed by atoms with Gasteiger partial charge in [-0.1, -0.05) is 6.07 Å². The van der Waals surface area contributed by atoms with Crippen molar-refractivity contribution in [3.05, 3.63) is 35.1 Å². The Morgan fingerprint density at radius 1 is 1.42 bits per heavy atom. The van der Waals surface area contributed by atoms with Gasteiger partial charge in [0, 0.05) is 24.6 Å². The van der Waals surface area contributed by atoms with Crippen molar-refractivity contribution in [2.45, 2.75) is 31.2 Å². The molecule has 134 valence electrons. The molecule has 0 radical (unpaired) electrons. The van der Waals surface area contributed by atoms with E-state index in [2.05, 4.69) is 15.6 Å². The Labute approximate surface area is 152 Å².